The summed E-state index contributed by atoms with van der Waals surface area (Å²) in [7, 11) is 0. The van der Waals surface area contributed by atoms with Crippen molar-refractivity contribution in [2.75, 3.05) is 19.6 Å². The summed E-state index contributed by atoms with van der Waals surface area (Å²) in [4.78, 5) is 14.3. The first-order valence-electron chi connectivity index (χ1n) is 6.20. The average Bonchev–Trinajstić information content (AvgIpc) is 2.65. The van der Waals surface area contributed by atoms with E-state index in [1.54, 1.807) is 0 Å². The molecule has 0 radical (unpaired) electrons. The van der Waals surface area contributed by atoms with E-state index in [1.165, 1.54) is 6.42 Å². The molecule has 2 heterocycles. The second-order valence-corrected chi connectivity index (χ2v) is 5.17. The average molecular weight is 210 g/mol. The molecule has 0 saturated carbocycles. The zero-order valence-corrected chi connectivity index (χ0v) is 9.83. The molecule has 1 N–H and O–H groups in total. The largest absolute Gasteiger partial charge is 0.342 e. The van der Waals surface area contributed by atoms with Crippen molar-refractivity contribution in [3.05, 3.63) is 0 Å². The summed E-state index contributed by atoms with van der Waals surface area (Å²) >= 11 is 0. The number of amides is 1. The van der Waals surface area contributed by atoms with Crippen molar-refractivity contribution in [1.82, 2.24) is 10.2 Å². The van der Waals surface area contributed by atoms with E-state index in [-0.39, 0.29) is 5.92 Å². The van der Waals surface area contributed by atoms with Gasteiger partial charge in [-0.05, 0) is 38.6 Å². The number of nitrogens with one attached hydrogen (secondary N) is 1. The fraction of sp³-hybridized carbons (Fsp3) is 0.917. The summed E-state index contributed by atoms with van der Waals surface area (Å²) in [6.45, 7) is 7.39. The van der Waals surface area contributed by atoms with Crippen LogP contribution in [0.25, 0.3) is 0 Å². The van der Waals surface area contributed by atoms with Gasteiger partial charge in [0.15, 0.2) is 0 Å². The predicted octanol–water partition coefficient (Wildman–Crippen LogP) is 1.24. The Balaban J connectivity index is 1.94. The molecule has 3 nitrogen and oxygen atoms in total. The zero-order valence-electron chi connectivity index (χ0n) is 9.83. The predicted molar refractivity (Wildman–Crippen MR) is 60.5 cm³/mol. The molecule has 3 unspecified atom stereocenters. The van der Waals surface area contributed by atoms with Crippen LogP contribution in [0.4, 0.5) is 0 Å². The molecule has 2 rings (SSSR count). The Morgan fingerprint density at radius 2 is 2.13 bits per heavy atom. The summed E-state index contributed by atoms with van der Waals surface area (Å²) in [5.74, 6) is 1.31. The topological polar surface area (TPSA) is 32.3 Å². The molecule has 0 aromatic carbocycles. The third-order valence-corrected chi connectivity index (χ3v) is 3.81. The molecule has 2 aliphatic heterocycles. The lowest BCUT2D eigenvalue weighted by Gasteiger charge is -2.32. The smallest absolute Gasteiger partial charge is 0.227 e. The van der Waals surface area contributed by atoms with Gasteiger partial charge in [-0.15, -0.1) is 0 Å². The standard InChI is InChI=1S/C12H22N2O/c1-9-5-7-14(8-9)12(15)11-4-3-6-13-10(11)2/h9-11,13H,3-8H2,1-2H3. The van der Waals surface area contributed by atoms with Crippen molar-refractivity contribution >= 4 is 5.91 Å². The molecule has 0 aromatic rings. The van der Waals surface area contributed by atoms with Crippen LogP contribution in [-0.2, 0) is 4.79 Å². The molecule has 0 spiro atoms. The van der Waals surface area contributed by atoms with E-state index in [0.29, 0.717) is 17.9 Å². The maximum atomic E-state index is 12.2. The number of hydrogen-bond donors (Lipinski definition) is 1. The van der Waals surface area contributed by atoms with Gasteiger partial charge in [0.1, 0.15) is 0 Å². The molecular weight excluding hydrogens is 188 g/mol. The second-order valence-electron chi connectivity index (χ2n) is 5.17. The SMILES string of the molecule is CC1CCN(C(=O)C2CCCNC2C)C1. The third-order valence-electron chi connectivity index (χ3n) is 3.81. The highest BCUT2D eigenvalue weighted by molar-refractivity contribution is 5.80. The van der Waals surface area contributed by atoms with E-state index in [2.05, 4.69) is 24.1 Å². The zero-order chi connectivity index (χ0) is 10.8. The lowest BCUT2D eigenvalue weighted by Crippen LogP contribution is -2.47. The number of carbonyl (C=O) groups is 1. The summed E-state index contributed by atoms with van der Waals surface area (Å²) in [5, 5.41) is 3.40. The maximum absolute atomic E-state index is 12.2. The van der Waals surface area contributed by atoms with Gasteiger partial charge in [0, 0.05) is 19.1 Å². The van der Waals surface area contributed by atoms with Crippen LogP contribution < -0.4 is 5.32 Å². The lowest BCUT2D eigenvalue weighted by molar-refractivity contribution is -0.136. The highest BCUT2D eigenvalue weighted by atomic mass is 16.2. The van der Waals surface area contributed by atoms with Gasteiger partial charge in [-0.3, -0.25) is 4.79 Å². The maximum Gasteiger partial charge on any atom is 0.227 e. The fourth-order valence-electron chi connectivity index (χ4n) is 2.75. The van der Waals surface area contributed by atoms with Crippen molar-refractivity contribution in [1.29, 1.82) is 0 Å². The normalized spacial score (nSPS) is 36.9. The fourth-order valence-corrected chi connectivity index (χ4v) is 2.75. The highest BCUT2D eigenvalue weighted by Gasteiger charge is 2.33. The van der Waals surface area contributed by atoms with E-state index in [4.69, 9.17) is 0 Å². The summed E-state index contributed by atoms with van der Waals surface area (Å²) in [6.07, 6.45) is 3.39. The van der Waals surface area contributed by atoms with Crippen LogP contribution in [-0.4, -0.2) is 36.5 Å². The minimum atomic E-state index is 0.226. The van der Waals surface area contributed by atoms with Gasteiger partial charge in [0.25, 0.3) is 0 Å². The van der Waals surface area contributed by atoms with Gasteiger partial charge in [-0.1, -0.05) is 6.92 Å². The number of hydrogen-bond acceptors (Lipinski definition) is 2. The molecule has 3 atom stereocenters. The van der Waals surface area contributed by atoms with Gasteiger partial charge in [0.05, 0.1) is 5.92 Å². The Hall–Kier alpha value is -0.570. The quantitative estimate of drug-likeness (QED) is 0.706. The van der Waals surface area contributed by atoms with Crippen molar-refractivity contribution in [3.63, 3.8) is 0 Å². The van der Waals surface area contributed by atoms with E-state index < -0.39 is 0 Å². The van der Waals surface area contributed by atoms with Crippen LogP contribution in [0.15, 0.2) is 0 Å². The number of nitrogens with zero attached hydrogens (tertiary/aromatic N) is 1. The van der Waals surface area contributed by atoms with E-state index in [0.717, 1.165) is 32.5 Å². The number of carbonyl (C=O) groups excluding carboxylic acids is 1. The number of rotatable bonds is 1. The number of piperidine rings is 1. The minimum Gasteiger partial charge on any atom is -0.342 e. The van der Waals surface area contributed by atoms with E-state index in [9.17, 15) is 4.79 Å². The molecule has 0 bridgehead atoms. The summed E-state index contributed by atoms with van der Waals surface area (Å²) < 4.78 is 0. The molecule has 2 saturated heterocycles. The molecule has 1 amide bonds. The highest BCUT2D eigenvalue weighted by Crippen LogP contribution is 2.23. The van der Waals surface area contributed by atoms with Gasteiger partial charge in [0.2, 0.25) is 5.91 Å². The molecule has 86 valence electrons. The Bertz CT molecular complexity index is 242. The lowest BCUT2D eigenvalue weighted by atomic mass is 9.91. The molecule has 2 fully saturated rings. The Morgan fingerprint density at radius 1 is 1.33 bits per heavy atom. The van der Waals surface area contributed by atoms with Gasteiger partial charge < -0.3 is 10.2 Å². The van der Waals surface area contributed by atoms with Crippen LogP contribution in [0.5, 0.6) is 0 Å². The molecule has 0 aliphatic carbocycles. The van der Waals surface area contributed by atoms with Crippen LogP contribution >= 0.6 is 0 Å². The Morgan fingerprint density at radius 3 is 2.73 bits per heavy atom. The summed E-state index contributed by atoms with van der Waals surface area (Å²) in [5.41, 5.74) is 0. The molecule has 3 heteroatoms. The van der Waals surface area contributed by atoms with Crippen LogP contribution in [0, 0.1) is 11.8 Å². The van der Waals surface area contributed by atoms with E-state index >= 15 is 0 Å². The molecule has 15 heavy (non-hydrogen) atoms. The van der Waals surface area contributed by atoms with Crippen LogP contribution in [0.3, 0.4) is 0 Å². The van der Waals surface area contributed by atoms with Crippen LogP contribution in [0.1, 0.15) is 33.1 Å². The van der Waals surface area contributed by atoms with Crippen LogP contribution in [0.2, 0.25) is 0 Å². The summed E-state index contributed by atoms with van der Waals surface area (Å²) in [6, 6.07) is 0.363. The van der Waals surface area contributed by atoms with Gasteiger partial charge >= 0.3 is 0 Å². The first-order valence-corrected chi connectivity index (χ1v) is 6.20. The minimum absolute atomic E-state index is 0.226. The van der Waals surface area contributed by atoms with Crippen molar-refractivity contribution < 1.29 is 4.79 Å². The molecular formula is C12H22N2O. The third kappa shape index (κ3) is 2.33. The van der Waals surface area contributed by atoms with E-state index in [1.807, 2.05) is 0 Å². The molecule has 2 aliphatic rings. The number of likely N-dealkylation sites (tertiary alicyclic amines) is 1. The van der Waals surface area contributed by atoms with Gasteiger partial charge in [-0.25, -0.2) is 0 Å². The van der Waals surface area contributed by atoms with Crippen molar-refractivity contribution in [2.45, 2.75) is 39.2 Å². The van der Waals surface area contributed by atoms with Crippen molar-refractivity contribution in [3.8, 4) is 0 Å². The first kappa shape index (κ1) is 10.9. The van der Waals surface area contributed by atoms with Crippen molar-refractivity contribution in [2.24, 2.45) is 11.8 Å². The Labute approximate surface area is 92.2 Å². The second kappa shape index (κ2) is 4.52. The monoisotopic (exact) mass is 210 g/mol. The van der Waals surface area contributed by atoms with Gasteiger partial charge in [-0.2, -0.15) is 0 Å². The molecule has 0 aromatic heterocycles. The Kier molecular flexibility index (Phi) is 3.29. The first-order chi connectivity index (χ1) is 7.18.